The van der Waals surface area contributed by atoms with Gasteiger partial charge in [0.15, 0.2) is 0 Å². The molecule has 0 saturated heterocycles. The second kappa shape index (κ2) is 15.6. The summed E-state index contributed by atoms with van der Waals surface area (Å²) in [4.78, 5) is 72.9. The average molecular weight is 573 g/mol. The molecular weight excluding hydrogens is 540 g/mol. The number of aromatic hydroxyl groups is 1. The maximum Gasteiger partial charge on any atom is 0.326 e. The van der Waals surface area contributed by atoms with Crippen molar-refractivity contribution in [3.8, 4) is 5.75 Å². The van der Waals surface area contributed by atoms with Crippen molar-refractivity contribution >= 4 is 35.6 Å². The lowest BCUT2D eigenvalue weighted by atomic mass is 10.0. The molecular formula is C27H32N4O10. The third-order valence-corrected chi connectivity index (χ3v) is 5.92. The molecule has 0 aliphatic rings. The van der Waals surface area contributed by atoms with E-state index in [0.29, 0.717) is 5.56 Å². The number of hydrogen-bond acceptors (Lipinski definition) is 8. The molecule has 3 amide bonds. The van der Waals surface area contributed by atoms with Crippen LogP contribution in [-0.4, -0.2) is 80.2 Å². The first-order valence-corrected chi connectivity index (χ1v) is 12.5. The van der Waals surface area contributed by atoms with Crippen molar-refractivity contribution in [1.29, 1.82) is 0 Å². The van der Waals surface area contributed by atoms with Crippen molar-refractivity contribution in [2.75, 3.05) is 0 Å². The van der Waals surface area contributed by atoms with Crippen LogP contribution in [0.15, 0.2) is 54.6 Å². The van der Waals surface area contributed by atoms with Crippen LogP contribution in [0.25, 0.3) is 0 Å². The van der Waals surface area contributed by atoms with Gasteiger partial charge in [0.1, 0.15) is 23.9 Å². The van der Waals surface area contributed by atoms with Gasteiger partial charge in [-0.1, -0.05) is 42.5 Å². The molecule has 0 spiro atoms. The molecule has 0 bridgehead atoms. The molecule has 220 valence electrons. The normalized spacial score (nSPS) is 13.6. The number of nitrogens with one attached hydrogen (secondary N) is 3. The van der Waals surface area contributed by atoms with E-state index in [1.807, 2.05) is 0 Å². The summed E-state index contributed by atoms with van der Waals surface area (Å²) in [6.07, 6.45) is -1.95. The van der Waals surface area contributed by atoms with E-state index in [9.17, 15) is 44.1 Å². The van der Waals surface area contributed by atoms with Crippen molar-refractivity contribution in [3.05, 3.63) is 65.7 Å². The van der Waals surface area contributed by atoms with Crippen molar-refractivity contribution in [2.24, 2.45) is 5.73 Å². The third-order valence-electron chi connectivity index (χ3n) is 5.92. The number of benzene rings is 2. The fourth-order valence-corrected chi connectivity index (χ4v) is 3.77. The molecule has 0 saturated carbocycles. The molecule has 0 fully saturated rings. The number of amides is 3. The molecule has 41 heavy (non-hydrogen) atoms. The Kier molecular flexibility index (Phi) is 12.2. The molecule has 2 rings (SSSR count). The second-order valence-corrected chi connectivity index (χ2v) is 9.22. The molecule has 2 aromatic rings. The Bertz CT molecular complexity index is 1240. The summed E-state index contributed by atoms with van der Waals surface area (Å²) in [7, 11) is 0. The molecule has 0 aliphatic carbocycles. The molecule has 4 atom stereocenters. The van der Waals surface area contributed by atoms with Crippen LogP contribution in [0.3, 0.4) is 0 Å². The first-order chi connectivity index (χ1) is 19.3. The van der Waals surface area contributed by atoms with E-state index in [0.717, 1.165) is 5.56 Å². The summed E-state index contributed by atoms with van der Waals surface area (Å²) in [5.41, 5.74) is 7.12. The summed E-state index contributed by atoms with van der Waals surface area (Å²) in [5.74, 6) is -7.14. The summed E-state index contributed by atoms with van der Waals surface area (Å²) in [5, 5.41) is 44.0. The van der Waals surface area contributed by atoms with E-state index in [1.54, 1.807) is 30.3 Å². The minimum Gasteiger partial charge on any atom is -0.508 e. The number of carbonyl (C=O) groups is 6. The van der Waals surface area contributed by atoms with Gasteiger partial charge in [0, 0.05) is 12.8 Å². The number of carboxylic acid groups (broad SMARTS) is 3. The molecule has 14 heteroatoms. The molecule has 4 unspecified atom stereocenters. The van der Waals surface area contributed by atoms with E-state index in [-0.39, 0.29) is 18.6 Å². The minimum atomic E-state index is -1.64. The van der Waals surface area contributed by atoms with Crippen molar-refractivity contribution < 1.29 is 49.2 Å². The Hall–Kier alpha value is -4.98. The fourth-order valence-electron chi connectivity index (χ4n) is 3.77. The molecule has 0 heterocycles. The summed E-state index contributed by atoms with van der Waals surface area (Å²) < 4.78 is 0. The Morgan fingerprint density at radius 3 is 1.76 bits per heavy atom. The summed E-state index contributed by atoms with van der Waals surface area (Å²) in [6.45, 7) is 0. The van der Waals surface area contributed by atoms with Gasteiger partial charge in [-0.3, -0.25) is 24.0 Å². The highest BCUT2D eigenvalue weighted by atomic mass is 16.4. The van der Waals surface area contributed by atoms with E-state index < -0.39 is 79.1 Å². The number of hydrogen-bond donors (Lipinski definition) is 8. The van der Waals surface area contributed by atoms with Crippen LogP contribution in [0.1, 0.15) is 30.4 Å². The highest BCUT2D eigenvalue weighted by Gasteiger charge is 2.32. The van der Waals surface area contributed by atoms with Crippen LogP contribution in [0.4, 0.5) is 0 Å². The van der Waals surface area contributed by atoms with E-state index in [2.05, 4.69) is 16.0 Å². The highest BCUT2D eigenvalue weighted by Crippen LogP contribution is 2.12. The van der Waals surface area contributed by atoms with Gasteiger partial charge < -0.3 is 42.1 Å². The Morgan fingerprint density at radius 1 is 0.659 bits per heavy atom. The largest absolute Gasteiger partial charge is 0.508 e. The zero-order chi connectivity index (χ0) is 30.5. The predicted octanol–water partition coefficient (Wildman–Crippen LogP) is -0.617. The van der Waals surface area contributed by atoms with Crippen LogP contribution in [0.2, 0.25) is 0 Å². The quantitative estimate of drug-likeness (QED) is 0.126. The summed E-state index contributed by atoms with van der Waals surface area (Å²) in [6, 6.07) is 8.45. The number of aliphatic carboxylic acids is 3. The lowest BCUT2D eigenvalue weighted by Crippen LogP contribution is -2.58. The smallest absolute Gasteiger partial charge is 0.326 e. The first-order valence-electron chi connectivity index (χ1n) is 12.5. The lowest BCUT2D eigenvalue weighted by molar-refractivity contribution is -0.144. The Labute approximate surface area is 234 Å². The Balaban J connectivity index is 2.23. The predicted molar refractivity (Wildman–Crippen MR) is 142 cm³/mol. The molecule has 14 nitrogen and oxygen atoms in total. The van der Waals surface area contributed by atoms with Gasteiger partial charge in [0.05, 0.1) is 12.5 Å². The molecule has 9 N–H and O–H groups in total. The monoisotopic (exact) mass is 572 g/mol. The third kappa shape index (κ3) is 11.3. The van der Waals surface area contributed by atoms with Crippen molar-refractivity contribution in [2.45, 2.75) is 56.3 Å². The Morgan fingerprint density at radius 2 is 1.20 bits per heavy atom. The van der Waals surface area contributed by atoms with Gasteiger partial charge >= 0.3 is 17.9 Å². The van der Waals surface area contributed by atoms with Crippen LogP contribution in [0, 0.1) is 0 Å². The minimum absolute atomic E-state index is 0.0746. The maximum absolute atomic E-state index is 13.1. The highest BCUT2D eigenvalue weighted by molar-refractivity contribution is 5.95. The average Bonchev–Trinajstić information content (AvgIpc) is 2.91. The van der Waals surface area contributed by atoms with Crippen LogP contribution < -0.4 is 21.7 Å². The number of carbonyl (C=O) groups excluding carboxylic acids is 3. The van der Waals surface area contributed by atoms with Gasteiger partial charge in [0.25, 0.3) is 0 Å². The van der Waals surface area contributed by atoms with Crippen LogP contribution in [0.5, 0.6) is 5.75 Å². The zero-order valence-corrected chi connectivity index (χ0v) is 21.9. The number of phenols is 1. The first kappa shape index (κ1) is 32.2. The maximum atomic E-state index is 13.1. The van der Waals surface area contributed by atoms with E-state index in [4.69, 9.17) is 10.8 Å². The lowest BCUT2D eigenvalue weighted by Gasteiger charge is -2.25. The van der Waals surface area contributed by atoms with Gasteiger partial charge in [-0.25, -0.2) is 4.79 Å². The zero-order valence-electron chi connectivity index (χ0n) is 21.9. The molecule has 0 aromatic heterocycles. The SMILES string of the molecule is NC(Cc1ccccc1)C(=O)NC(CC(=O)O)C(=O)NC(Cc1ccc(O)cc1)C(=O)NC(CCC(=O)O)C(=O)O. The van der Waals surface area contributed by atoms with Gasteiger partial charge in [-0.05, 0) is 36.1 Å². The number of nitrogens with two attached hydrogens (primary N) is 1. The second-order valence-electron chi connectivity index (χ2n) is 9.22. The topological polar surface area (TPSA) is 245 Å². The molecule has 0 radical (unpaired) electrons. The van der Waals surface area contributed by atoms with Gasteiger partial charge in [0.2, 0.25) is 17.7 Å². The standard InChI is InChI=1S/C27H32N4O10/c28-18(12-15-4-2-1-3-5-15)24(37)30-21(14-23(35)36)26(39)31-20(13-16-6-8-17(32)9-7-16)25(38)29-19(27(40)41)10-11-22(33)34/h1-9,18-21,32H,10-14,28H2,(H,29,38)(H,30,37)(H,31,39)(H,33,34)(H,35,36)(H,40,41). The van der Waals surface area contributed by atoms with E-state index in [1.165, 1.54) is 24.3 Å². The van der Waals surface area contributed by atoms with Crippen LogP contribution >= 0.6 is 0 Å². The molecule has 2 aromatic carbocycles. The number of carboxylic acids is 3. The summed E-state index contributed by atoms with van der Waals surface area (Å²) >= 11 is 0. The van der Waals surface area contributed by atoms with Crippen LogP contribution in [-0.2, 0) is 41.6 Å². The fraction of sp³-hybridized carbons (Fsp3) is 0.333. The van der Waals surface area contributed by atoms with Gasteiger partial charge in [-0.2, -0.15) is 0 Å². The van der Waals surface area contributed by atoms with Gasteiger partial charge in [-0.15, -0.1) is 0 Å². The van der Waals surface area contributed by atoms with E-state index >= 15 is 0 Å². The number of phenolic OH excluding ortho intramolecular Hbond substituents is 1. The molecule has 0 aliphatic heterocycles. The number of rotatable bonds is 16. The van der Waals surface area contributed by atoms with Crippen molar-refractivity contribution in [3.63, 3.8) is 0 Å². The van der Waals surface area contributed by atoms with Crippen molar-refractivity contribution in [1.82, 2.24) is 16.0 Å².